The summed E-state index contributed by atoms with van der Waals surface area (Å²) in [7, 11) is 0. The predicted octanol–water partition coefficient (Wildman–Crippen LogP) is 6.80. The Kier molecular flexibility index (Phi) is 8.62. The van der Waals surface area contributed by atoms with E-state index in [0.29, 0.717) is 34.7 Å². The first-order chi connectivity index (χ1) is 23.5. The topological polar surface area (TPSA) is 103 Å². The van der Waals surface area contributed by atoms with E-state index in [1.165, 1.54) is 23.5 Å². The summed E-state index contributed by atoms with van der Waals surface area (Å²) in [6.07, 6.45) is 1.91. The van der Waals surface area contributed by atoms with E-state index in [0.717, 1.165) is 79.2 Å². The van der Waals surface area contributed by atoms with Crippen molar-refractivity contribution in [2.75, 3.05) is 36.4 Å². The van der Waals surface area contributed by atoms with E-state index in [4.69, 9.17) is 0 Å². The summed E-state index contributed by atoms with van der Waals surface area (Å²) >= 11 is 1.09. The molecule has 7 rings (SSSR count). The molecule has 1 spiro atoms. The molecule has 0 aliphatic carbocycles. The van der Waals surface area contributed by atoms with Gasteiger partial charge in [-0.3, -0.25) is 9.69 Å². The lowest BCUT2D eigenvalue weighted by Gasteiger charge is -2.25. The van der Waals surface area contributed by atoms with E-state index >= 15 is 0 Å². The lowest BCUT2D eigenvalue weighted by atomic mass is 9.86. The van der Waals surface area contributed by atoms with Crippen molar-refractivity contribution in [2.45, 2.75) is 51.9 Å². The van der Waals surface area contributed by atoms with Crippen LogP contribution in [0.15, 0.2) is 61.6 Å². The minimum absolute atomic E-state index is 0.0989. The highest BCUT2D eigenvalue weighted by molar-refractivity contribution is 7.18. The van der Waals surface area contributed by atoms with Crippen LogP contribution in [0.1, 0.15) is 40.1 Å². The van der Waals surface area contributed by atoms with Crippen LogP contribution in [0.3, 0.4) is 0 Å². The van der Waals surface area contributed by atoms with Crippen LogP contribution in [0.4, 0.5) is 24.8 Å². The van der Waals surface area contributed by atoms with Crippen LogP contribution in [0.5, 0.6) is 0 Å². The number of aryl methyl sites for hydroxylation is 3. The Balaban J connectivity index is 1.02. The van der Waals surface area contributed by atoms with E-state index in [2.05, 4.69) is 66.3 Å². The molecule has 0 bridgehead atoms. The number of nitrogens with one attached hydrogen (secondary N) is 1. The number of aromatic nitrogens is 4. The Morgan fingerprint density at radius 3 is 2.71 bits per heavy atom. The Bertz CT molecular complexity index is 2100. The number of carbonyl (C=O) groups excluding carboxylic acids is 1. The molecular weight excluding hydrogens is 650 g/mol. The van der Waals surface area contributed by atoms with Gasteiger partial charge >= 0.3 is 6.18 Å². The van der Waals surface area contributed by atoms with Crippen molar-refractivity contribution >= 4 is 50.0 Å². The number of nitrogens with zero attached hydrogens (tertiary/aromatic N) is 7. The predicted molar refractivity (Wildman–Crippen MR) is 184 cm³/mol. The lowest BCUT2D eigenvalue weighted by Crippen LogP contribution is -2.31. The van der Waals surface area contributed by atoms with Gasteiger partial charge in [0.15, 0.2) is 0 Å². The van der Waals surface area contributed by atoms with Gasteiger partial charge in [0.1, 0.15) is 34.6 Å². The Hall–Kier alpha value is -4.80. The number of carbonyl (C=O) groups is 1. The zero-order valence-corrected chi connectivity index (χ0v) is 27.9. The second kappa shape index (κ2) is 12.9. The highest BCUT2D eigenvalue weighted by Crippen LogP contribution is 2.43. The van der Waals surface area contributed by atoms with Gasteiger partial charge in [0, 0.05) is 60.1 Å². The monoisotopic (exact) mass is 684 g/mol. The minimum Gasteiger partial charge on any atom is -0.355 e. The molecule has 1 atom stereocenters. The first-order valence-corrected chi connectivity index (χ1v) is 17.0. The smallest absolute Gasteiger partial charge is 0.355 e. The maximum absolute atomic E-state index is 13.1. The molecule has 9 nitrogen and oxygen atoms in total. The van der Waals surface area contributed by atoms with Gasteiger partial charge in [0.25, 0.3) is 0 Å². The van der Waals surface area contributed by atoms with Crippen molar-refractivity contribution in [3.8, 4) is 6.07 Å². The van der Waals surface area contributed by atoms with Crippen LogP contribution < -0.4 is 10.2 Å². The number of amides is 1. The van der Waals surface area contributed by atoms with E-state index in [1.807, 2.05) is 12.1 Å². The van der Waals surface area contributed by atoms with Crippen LogP contribution in [-0.2, 0) is 30.7 Å². The number of halogens is 3. The normalized spacial score (nSPS) is 18.1. The largest absolute Gasteiger partial charge is 0.393 e. The Labute approximate surface area is 285 Å². The van der Waals surface area contributed by atoms with Crippen molar-refractivity contribution in [2.24, 2.45) is 5.41 Å². The third-order valence-corrected chi connectivity index (χ3v) is 10.9. The van der Waals surface area contributed by atoms with Gasteiger partial charge in [-0.1, -0.05) is 18.7 Å². The minimum atomic E-state index is -4.26. The molecule has 1 unspecified atom stereocenters. The fourth-order valence-corrected chi connectivity index (χ4v) is 8.39. The zero-order valence-electron chi connectivity index (χ0n) is 27.1. The van der Waals surface area contributed by atoms with Gasteiger partial charge in [0.2, 0.25) is 5.91 Å². The summed E-state index contributed by atoms with van der Waals surface area (Å²) < 4.78 is 41.3. The molecule has 0 saturated carbocycles. The summed E-state index contributed by atoms with van der Waals surface area (Å²) in [6, 6.07) is 13.9. The van der Waals surface area contributed by atoms with E-state index in [-0.39, 0.29) is 16.2 Å². The molecule has 1 N–H and O–H groups in total. The van der Waals surface area contributed by atoms with Crippen molar-refractivity contribution in [3.63, 3.8) is 0 Å². The molecule has 1 aromatic carbocycles. The average Bonchev–Trinajstić information content (AvgIpc) is 3.86. The molecule has 49 heavy (non-hydrogen) atoms. The quantitative estimate of drug-likeness (QED) is 0.171. The number of thiophene rings is 1. The molecular formula is C36H35F3N8OS. The molecule has 5 aromatic rings. The fraction of sp³-hybridized carbons (Fsp3) is 0.361. The zero-order chi connectivity index (χ0) is 34.3. The molecule has 252 valence electrons. The van der Waals surface area contributed by atoms with Gasteiger partial charge in [0.05, 0.1) is 11.8 Å². The highest BCUT2D eigenvalue weighted by atomic mass is 32.1. The average molecular weight is 685 g/mol. The number of alkyl halides is 3. The lowest BCUT2D eigenvalue weighted by molar-refractivity contribution is -0.126. The molecule has 2 aliphatic heterocycles. The number of likely N-dealkylation sites (tertiary alicyclic amines) is 1. The standard InChI is InChI=1S/C36H35F3N8OS/c1-3-32(48)44-31-7-4-24(18-41-31)8-11-47-26(17-40)14-28-23(2)25(5-6-30(28)47)19-45-12-9-35(20-45)10-13-46(21-35)33-29-15-27(16-36(37,38)39)49-34(29)43-22-42-33/h3-7,14-15,18,22H,1,8-13,16,19-21H2,2H3,(H,41,44,48). The number of pyridine rings is 1. The van der Waals surface area contributed by atoms with Gasteiger partial charge in [-0.2, -0.15) is 18.4 Å². The molecule has 2 fully saturated rings. The van der Waals surface area contributed by atoms with Crippen molar-refractivity contribution in [1.29, 1.82) is 5.26 Å². The Morgan fingerprint density at radius 2 is 1.96 bits per heavy atom. The number of benzene rings is 1. The third-order valence-electron chi connectivity index (χ3n) is 9.85. The number of hydrogen-bond acceptors (Lipinski definition) is 8. The van der Waals surface area contributed by atoms with E-state index in [1.54, 1.807) is 18.3 Å². The van der Waals surface area contributed by atoms with Crippen molar-refractivity contribution in [1.82, 2.24) is 24.4 Å². The number of fused-ring (bicyclic) bond motifs is 2. The van der Waals surface area contributed by atoms with E-state index < -0.39 is 12.6 Å². The molecule has 13 heteroatoms. The van der Waals surface area contributed by atoms with Gasteiger partial charge in [-0.25, -0.2) is 15.0 Å². The number of hydrogen-bond donors (Lipinski definition) is 1. The van der Waals surface area contributed by atoms with Crippen LogP contribution >= 0.6 is 11.3 Å². The summed E-state index contributed by atoms with van der Waals surface area (Å²) in [5.74, 6) is 0.878. The summed E-state index contributed by atoms with van der Waals surface area (Å²) in [5, 5.41) is 14.4. The number of nitriles is 1. The fourth-order valence-electron chi connectivity index (χ4n) is 7.37. The number of rotatable bonds is 9. The van der Waals surface area contributed by atoms with Crippen LogP contribution in [0.25, 0.3) is 21.1 Å². The molecule has 2 saturated heterocycles. The maximum Gasteiger partial charge on any atom is 0.393 e. The summed E-state index contributed by atoms with van der Waals surface area (Å²) in [6.45, 7) is 10.5. The van der Waals surface area contributed by atoms with Crippen molar-refractivity contribution < 1.29 is 18.0 Å². The van der Waals surface area contributed by atoms with Crippen molar-refractivity contribution in [3.05, 3.63) is 88.8 Å². The third kappa shape index (κ3) is 6.75. The Morgan fingerprint density at radius 1 is 1.12 bits per heavy atom. The van der Waals surface area contributed by atoms with E-state index in [9.17, 15) is 23.2 Å². The maximum atomic E-state index is 13.1. The SMILES string of the molecule is C=CC(=O)Nc1ccc(CCn2c(C#N)cc3c(C)c(CN4CCC5(CCN(c6ncnc7sc(CC(F)(F)F)cc67)C5)C4)ccc32)cn1. The van der Waals surface area contributed by atoms with Crippen LogP contribution in [0.2, 0.25) is 0 Å². The number of anilines is 2. The van der Waals surface area contributed by atoms with Crippen LogP contribution in [0, 0.1) is 23.7 Å². The van der Waals surface area contributed by atoms with Gasteiger partial charge < -0.3 is 14.8 Å². The van der Waals surface area contributed by atoms with Gasteiger partial charge in [-0.15, -0.1) is 11.3 Å². The molecule has 2 aliphatic rings. The first-order valence-electron chi connectivity index (χ1n) is 16.2. The second-order valence-corrected chi connectivity index (χ2v) is 14.2. The molecule has 4 aromatic heterocycles. The molecule has 0 radical (unpaired) electrons. The summed E-state index contributed by atoms with van der Waals surface area (Å²) in [5.41, 5.74) is 5.13. The first kappa shape index (κ1) is 32.7. The molecule has 6 heterocycles. The van der Waals surface area contributed by atoms with Crippen LogP contribution in [-0.4, -0.2) is 62.7 Å². The molecule has 1 amide bonds. The second-order valence-electron chi connectivity index (χ2n) is 13.1. The highest BCUT2D eigenvalue weighted by Gasteiger charge is 2.44. The van der Waals surface area contributed by atoms with Gasteiger partial charge in [-0.05, 0) is 79.8 Å². The summed E-state index contributed by atoms with van der Waals surface area (Å²) in [4.78, 5) is 30.2.